The molecule has 0 aliphatic carbocycles. The van der Waals surface area contributed by atoms with Crippen molar-refractivity contribution in [1.29, 1.82) is 0 Å². The molecule has 0 spiro atoms. The Bertz CT molecular complexity index is 925. The summed E-state index contributed by atoms with van der Waals surface area (Å²) < 4.78 is 0. The van der Waals surface area contributed by atoms with Crippen LogP contribution in [0.5, 0.6) is 0 Å². The van der Waals surface area contributed by atoms with Crippen molar-refractivity contribution in [3.05, 3.63) is 81.2 Å². The van der Waals surface area contributed by atoms with E-state index < -0.39 is 5.97 Å². The van der Waals surface area contributed by atoms with E-state index in [1.54, 1.807) is 18.2 Å². The van der Waals surface area contributed by atoms with Crippen LogP contribution in [0.15, 0.2) is 53.9 Å². The molecule has 3 rings (SSSR count). The predicted molar refractivity (Wildman–Crippen MR) is 101 cm³/mol. The summed E-state index contributed by atoms with van der Waals surface area (Å²) in [5.74, 6) is -1.07. The summed E-state index contributed by atoms with van der Waals surface area (Å²) in [4.78, 5) is 25.0. The van der Waals surface area contributed by atoms with Gasteiger partial charge in [-0.05, 0) is 53.3 Å². The van der Waals surface area contributed by atoms with Crippen molar-refractivity contribution in [1.82, 2.24) is 0 Å². The van der Waals surface area contributed by atoms with Crippen molar-refractivity contribution in [3.63, 3.8) is 0 Å². The second-order valence-corrected chi connectivity index (χ2v) is 7.04. The highest BCUT2D eigenvalue weighted by atomic mass is 35.5. The van der Waals surface area contributed by atoms with E-state index in [2.05, 4.69) is 0 Å². The first-order valence-electron chi connectivity index (χ1n) is 7.66. The molecule has 0 amide bonds. The molecule has 0 fully saturated rings. The molecular formula is C20H15ClO3S. The van der Waals surface area contributed by atoms with Gasteiger partial charge in [-0.2, -0.15) is 0 Å². The number of carbonyl (C=O) groups excluding carboxylic acids is 1. The van der Waals surface area contributed by atoms with Gasteiger partial charge < -0.3 is 5.11 Å². The highest BCUT2D eigenvalue weighted by Crippen LogP contribution is 2.31. The van der Waals surface area contributed by atoms with Crippen LogP contribution in [0.1, 0.15) is 31.8 Å². The maximum atomic E-state index is 12.8. The number of benzene rings is 2. The zero-order valence-corrected chi connectivity index (χ0v) is 15.0. The number of carbonyl (C=O) groups is 2. The number of thiophene rings is 1. The molecule has 0 radical (unpaired) electrons. The summed E-state index contributed by atoms with van der Waals surface area (Å²) in [6, 6.07) is 14.0. The molecule has 0 unspecified atom stereocenters. The highest BCUT2D eigenvalue weighted by Gasteiger charge is 2.17. The average Bonchev–Trinajstić information content (AvgIpc) is 3.09. The van der Waals surface area contributed by atoms with Crippen molar-refractivity contribution < 1.29 is 14.7 Å². The minimum Gasteiger partial charge on any atom is -0.478 e. The third-order valence-electron chi connectivity index (χ3n) is 4.00. The van der Waals surface area contributed by atoms with Crippen LogP contribution >= 0.6 is 22.9 Å². The molecule has 0 atom stereocenters. The van der Waals surface area contributed by atoms with Crippen LogP contribution in [0, 0.1) is 6.92 Å². The lowest BCUT2D eigenvalue weighted by atomic mass is 9.94. The lowest BCUT2D eigenvalue weighted by molar-refractivity contribution is 0.0696. The molecule has 0 saturated carbocycles. The number of aryl methyl sites for hydroxylation is 1. The number of carboxylic acid groups (broad SMARTS) is 1. The van der Waals surface area contributed by atoms with Crippen molar-refractivity contribution in [2.24, 2.45) is 0 Å². The lowest BCUT2D eigenvalue weighted by Crippen LogP contribution is -2.08. The van der Waals surface area contributed by atoms with Crippen molar-refractivity contribution >= 4 is 34.7 Å². The minimum atomic E-state index is -0.988. The first kappa shape index (κ1) is 17.4. The summed E-state index contributed by atoms with van der Waals surface area (Å²) in [6.07, 6.45) is 0.164. The van der Waals surface area contributed by atoms with Crippen LogP contribution in [-0.4, -0.2) is 16.9 Å². The largest absolute Gasteiger partial charge is 0.478 e. The third-order valence-corrected chi connectivity index (χ3v) is 5.21. The van der Waals surface area contributed by atoms with Gasteiger partial charge in [-0.25, -0.2) is 4.79 Å². The van der Waals surface area contributed by atoms with Crippen LogP contribution in [-0.2, 0) is 6.42 Å². The van der Waals surface area contributed by atoms with Gasteiger partial charge >= 0.3 is 5.97 Å². The van der Waals surface area contributed by atoms with E-state index in [4.69, 9.17) is 11.6 Å². The Morgan fingerprint density at radius 1 is 1.12 bits per heavy atom. The van der Waals surface area contributed by atoms with Gasteiger partial charge in [-0.1, -0.05) is 35.9 Å². The zero-order valence-electron chi connectivity index (χ0n) is 13.5. The molecule has 1 N–H and O–H groups in total. The molecule has 25 heavy (non-hydrogen) atoms. The van der Waals surface area contributed by atoms with Crippen molar-refractivity contribution in [3.8, 4) is 10.4 Å². The summed E-state index contributed by atoms with van der Waals surface area (Å²) in [6.45, 7) is 1.85. The Hall–Kier alpha value is -2.43. The molecular weight excluding hydrogens is 356 g/mol. The third kappa shape index (κ3) is 3.65. The summed E-state index contributed by atoms with van der Waals surface area (Å²) in [7, 11) is 0. The smallest absolute Gasteiger partial charge is 0.335 e. The second kappa shape index (κ2) is 7.21. The fourth-order valence-electron chi connectivity index (χ4n) is 2.77. The van der Waals surface area contributed by atoms with E-state index in [-0.39, 0.29) is 17.8 Å². The summed E-state index contributed by atoms with van der Waals surface area (Å²) in [5, 5.41) is 11.6. The van der Waals surface area contributed by atoms with Crippen LogP contribution in [0.25, 0.3) is 10.4 Å². The molecule has 2 aromatic carbocycles. The minimum absolute atomic E-state index is 0.0796. The topological polar surface area (TPSA) is 54.4 Å². The molecule has 5 heteroatoms. The summed E-state index contributed by atoms with van der Waals surface area (Å²) in [5.41, 5.74) is 3.11. The van der Waals surface area contributed by atoms with Crippen molar-refractivity contribution in [2.45, 2.75) is 13.3 Å². The molecule has 1 heterocycles. The van der Waals surface area contributed by atoms with Crippen molar-refractivity contribution in [2.75, 3.05) is 0 Å². The number of carboxylic acids is 1. The van der Waals surface area contributed by atoms with Gasteiger partial charge in [-0.15, -0.1) is 11.3 Å². The Morgan fingerprint density at radius 3 is 2.56 bits per heavy atom. The van der Waals surface area contributed by atoms with E-state index in [1.807, 2.05) is 36.6 Å². The predicted octanol–water partition coefficient (Wildman–Crippen LogP) is 5.50. The fourth-order valence-corrected chi connectivity index (χ4v) is 3.88. The van der Waals surface area contributed by atoms with Gasteiger partial charge in [0.05, 0.1) is 10.6 Å². The van der Waals surface area contributed by atoms with Crippen LogP contribution in [0.4, 0.5) is 0 Å². The first-order chi connectivity index (χ1) is 12.0. The quantitative estimate of drug-likeness (QED) is 0.603. The highest BCUT2D eigenvalue weighted by molar-refractivity contribution is 7.13. The van der Waals surface area contributed by atoms with E-state index in [0.717, 1.165) is 21.6 Å². The monoisotopic (exact) mass is 370 g/mol. The van der Waals surface area contributed by atoms with Crippen LogP contribution in [0.2, 0.25) is 5.02 Å². The van der Waals surface area contributed by atoms with E-state index in [1.165, 1.54) is 17.4 Å². The van der Waals surface area contributed by atoms with Crippen LogP contribution < -0.4 is 0 Å². The molecule has 0 bridgehead atoms. The molecule has 3 aromatic rings. The van der Waals surface area contributed by atoms with Gasteiger partial charge in [0.25, 0.3) is 0 Å². The fraction of sp³-hybridized carbons (Fsp3) is 0.100. The van der Waals surface area contributed by atoms with Gasteiger partial charge in [0.2, 0.25) is 0 Å². The maximum absolute atomic E-state index is 12.8. The molecule has 0 saturated heterocycles. The van der Waals surface area contributed by atoms with Crippen LogP contribution in [0.3, 0.4) is 0 Å². The average molecular weight is 371 g/mol. The Kier molecular flexibility index (Phi) is 5.02. The standard InChI is InChI=1S/C20H15ClO3S/c1-12-4-2-5-16(21)19(12)17(22)11-13-7-8-14(20(23)24)10-15(13)18-6-3-9-25-18/h2-10H,11H2,1H3,(H,23,24). The Balaban J connectivity index is 2.03. The number of hydrogen-bond donors (Lipinski definition) is 1. The number of halogens is 1. The SMILES string of the molecule is Cc1cccc(Cl)c1C(=O)Cc1ccc(C(=O)O)cc1-c1cccs1. The molecule has 0 aliphatic heterocycles. The molecule has 3 nitrogen and oxygen atoms in total. The number of rotatable bonds is 5. The zero-order chi connectivity index (χ0) is 18.0. The number of Topliss-reactive ketones (excluding diaryl/α,β-unsaturated/α-hetero) is 1. The molecule has 126 valence electrons. The Labute approximate surface area is 154 Å². The molecule has 0 aliphatic rings. The van der Waals surface area contributed by atoms with Gasteiger partial charge in [0, 0.05) is 16.9 Å². The Morgan fingerprint density at radius 2 is 1.92 bits per heavy atom. The first-order valence-corrected chi connectivity index (χ1v) is 8.91. The number of hydrogen-bond acceptors (Lipinski definition) is 3. The van der Waals surface area contributed by atoms with Gasteiger partial charge in [0.1, 0.15) is 0 Å². The van der Waals surface area contributed by atoms with Gasteiger partial charge in [-0.3, -0.25) is 4.79 Å². The molecule has 1 aromatic heterocycles. The lowest BCUT2D eigenvalue weighted by Gasteiger charge is -2.11. The second-order valence-electron chi connectivity index (χ2n) is 5.69. The number of aromatic carboxylic acids is 1. The van der Waals surface area contributed by atoms with E-state index in [0.29, 0.717) is 10.6 Å². The van der Waals surface area contributed by atoms with E-state index in [9.17, 15) is 14.7 Å². The normalized spacial score (nSPS) is 10.6. The van der Waals surface area contributed by atoms with Gasteiger partial charge in [0.15, 0.2) is 5.78 Å². The summed E-state index contributed by atoms with van der Waals surface area (Å²) >= 11 is 7.71. The van der Waals surface area contributed by atoms with E-state index >= 15 is 0 Å². The number of ketones is 1. The maximum Gasteiger partial charge on any atom is 0.335 e.